The molecule has 0 spiro atoms. The van der Waals surface area contributed by atoms with Gasteiger partial charge >= 0.3 is 12.0 Å². The third-order valence-electron chi connectivity index (χ3n) is 3.01. The fourth-order valence-electron chi connectivity index (χ4n) is 1.84. The van der Waals surface area contributed by atoms with Crippen molar-refractivity contribution in [1.29, 1.82) is 0 Å². The molecule has 0 aliphatic heterocycles. The molecule has 0 saturated heterocycles. The number of carbonyl (C=O) groups is 3. The summed E-state index contributed by atoms with van der Waals surface area (Å²) in [6, 6.07) is 10.7. The van der Waals surface area contributed by atoms with Crippen LogP contribution in [0.2, 0.25) is 0 Å². The maximum atomic E-state index is 13.4. The van der Waals surface area contributed by atoms with Crippen molar-refractivity contribution >= 4 is 23.6 Å². The molecular weight excluding hydrogens is 331 g/mol. The molecule has 0 radical (unpaired) electrons. The number of para-hydroxylation sites is 1. The summed E-state index contributed by atoms with van der Waals surface area (Å²) in [5.74, 6) is -1.79. The van der Waals surface area contributed by atoms with E-state index < -0.39 is 30.3 Å². The zero-order chi connectivity index (χ0) is 18.2. The molecule has 0 unspecified atom stereocenters. The van der Waals surface area contributed by atoms with Gasteiger partial charge in [0.15, 0.2) is 6.61 Å². The lowest BCUT2D eigenvalue weighted by atomic mass is 10.2. The average molecular weight is 346 g/mol. The lowest BCUT2D eigenvalue weighted by Crippen LogP contribution is -2.37. The molecule has 8 heteroatoms. The van der Waals surface area contributed by atoms with Crippen molar-refractivity contribution in [3.05, 3.63) is 59.9 Å². The minimum atomic E-state index is -0.937. The zero-order valence-electron chi connectivity index (χ0n) is 13.2. The summed E-state index contributed by atoms with van der Waals surface area (Å²) in [5, 5.41) is 4.10. The number of methoxy groups -OCH3 is 1. The SMILES string of the molecule is COc1cccc(C(=O)OCC(=O)NC(=O)Nc2ccccc2F)c1. The third-order valence-corrected chi connectivity index (χ3v) is 3.01. The molecule has 3 amide bonds. The molecule has 0 aromatic heterocycles. The van der Waals surface area contributed by atoms with Crippen LogP contribution >= 0.6 is 0 Å². The first-order chi connectivity index (χ1) is 12.0. The van der Waals surface area contributed by atoms with Gasteiger partial charge in [0.2, 0.25) is 0 Å². The summed E-state index contributed by atoms with van der Waals surface area (Å²) in [6.07, 6.45) is 0. The van der Waals surface area contributed by atoms with Crippen LogP contribution in [-0.4, -0.2) is 31.6 Å². The maximum absolute atomic E-state index is 13.4. The lowest BCUT2D eigenvalue weighted by Gasteiger charge is -2.08. The van der Waals surface area contributed by atoms with Crippen molar-refractivity contribution in [3.8, 4) is 5.75 Å². The minimum Gasteiger partial charge on any atom is -0.497 e. The maximum Gasteiger partial charge on any atom is 0.338 e. The van der Waals surface area contributed by atoms with Gasteiger partial charge in [-0.05, 0) is 30.3 Å². The van der Waals surface area contributed by atoms with Crippen LogP contribution in [0.15, 0.2) is 48.5 Å². The van der Waals surface area contributed by atoms with Gasteiger partial charge in [-0.3, -0.25) is 10.1 Å². The van der Waals surface area contributed by atoms with E-state index in [2.05, 4.69) is 5.32 Å². The predicted molar refractivity (Wildman–Crippen MR) is 86.8 cm³/mol. The Balaban J connectivity index is 1.82. The van der Waals surface area contributed by atoms with Crippen LogP contribution in [0.5, 0.6) is 5.75 Å². The summed E-state index contributed by atoms with van der Waals surface area (Å²) in [4.78, 5) is 35.1. The summed E-state index contributed by atoms with van der Waals surface area (Å²) in [5.41, 5.74) is 0.115. The molecular formula is C17H15FN2O5. The Morgan fingerprint density at radius 2 is 1.84 bits per heavy atom. The summed E-state index contributed by atoms with van der Waals surface area (Å²) in [7, 11) is 1.45. The van der Waals surface area contributed by atoms with E-state index in [1.54, 1.807) is 12.1 Å². The molecule has 2 N–H and O–H groups in total. The molecule has 0 bridgehead atoms. The van der Waals surface area contributed by atoms with Crippen LogP contribution in [0.1, 0.15) is 10.4 Å². The smallest absolute Gasteiger partial charge is 0.338 e. The van der Waals surface area contributed by atoms with E-state index in [0.29, 0.717) is 5.75 Å². The second-order valence-electron chi connectivity index (χ2n) is 4.79. The zero-order valence-corrected chi connectivity index (χ0v) is 13.2. The number of urea groups is 1. The number of esters is 1. The number of carbonyl (C=O) groups excluding carboxylic acids is 3. The number of nitrogens with one attached hydrogen (secondary N) is 2. The highest BCUT2D eigenvalue weighted by molar-refractivity contribution is 6.02. The number of amides is 3. The number of benzene rings is 2. The van der Waals surface area contributed by atoms with E-state index in [4.69, 9.17) is 9.47 Å². The Hall–Kier alpha value is -3.42. The molecule has 0 atom stereocenters. The monoisotopic (exact) mass is 346 g/mol. The second kappa shape index (κ2) is 8.44. The molecule has 2 rings (SSSR count). The molecule has 0 heterocycles. The van der Waals surface area contributed by atoms with E-state index in [1.165, 1.54) is 37.4 Å². The molecule has 0 aliphatic carbocycles. The van der Waals surface area contributed by atoms with Crippen LogP contribution in [-0.2, 0) is 9.53 Å². The summed E-state index contributed by atoms with van der Waals surface area (Å²) < 4.78 is 23.2. The van der Waals surface area contributed by atoms with Crippen molar-refractivity contribution < 1.29 is 28.2 Å². The van der Waals surface area contributed by atoms with Crippen molar-refractivity contribution in [1.82, 2.24) is 5.32 Å². The Kier molecular flexibility index (Phi) is 6.05. The highest BCUT2D eigenvalue weighted by atomic mass is 19.1. The summed E-state index contributed by atoms with van der Waals surface area (Å²) >= 11 is 0. The van der Waals surface area contributed by atoms with Crippen molar-refractivity contribution in [3.63, 3.8) is 0 Å². The van der Waals surface area contributed by atoms with E-state index in [0.717, 1.165) is 6.07 Å². The van der Waals surface area contributed by atoms with Crippen molar-refractivity contribution in [2.45, 2.75) is 0 Å². The highest BCUT2D eigenvalue weighted by Crippen LogP contribution is 2.13. The minimum absolute atomic E-state index is 0.0822. The van der Waals surface area contributed by atoms with Gasteiger partial charge in [0.05, 0.1) is 18.4 Å². The van der Waals surface area contributed by atoms with Gasteiger partial charge in [0.1, 0.15) is 11.6 Å². The van der Waals surface area contributed by atoms with Crippen molar-refractivity contribution in [2.24, 2.45) is 0 Å². The van der Waals surface area contributed by atoms with Gasteiger partial charge in [-0.2, -0.15) is 0 Å². The first-order valence-corrected chi connectivity index (χ1v) is 7.16. The van der Waals surface area contributed by atoms with Crippen LogP contribution < -0.4 is 15.4 Å². The lowest BCUT2D eigenvalue weighted by molar-refractivity contribution is -0.123. The van der Waals surface area contributed by atoms with Crippen LogP contribution in [0.3, 0.4) is 0 Å². The van der Waals surface area contributed by atoms with Gasteiger partial charge in [-0.25, -0.2) is 14.0 Å². The average Bonchev–Trinajstić information content (AvgIpc) is 2.61. The number of ether oxygens (including phenoxy) is 2. The Bertz CT molecular complexity index is 794. The van der Waals surface area contributed by atoms with E-state index in [-0.39, 0.29) is 11.3 Å². The van der Waals surface area contributed by atoms with Gasteiger partial charge in [-0.1, -0.05) is 18.2 Å². The number of rotatable bonds is 5. The number of imide groups is 1. The highest BCUT2D eigenvalue weighted by Gasteiger charge is 2.14. The van der Waals surface area contributed by atoms with Gasteiger partial charge in [-0.15, -0.1) is 0 Å². The molecule has 25 heavy (non-hydrogen) atoms. The standard InChI is InChI=1S/C17H15FN2O5/c1-24-12-6-4-5-11(9-12)16(22)25-10-15(21)20-17(23)19-14-8-3-2-7-13(14)18/h2-9H,10H2,1H3,(H2,19,20,21,23). The largest absolute Gasteiger partial charge is 0.497 e. The molecule has 7 nitrogen and oxygen atoms in total. The first kappa shape index (κ1) is 17.9. The third kappa shape index (κ3) is 5.31. The second-order valence-corrected chi connectivity index (χ2v) is 4.79. The Morgan fingerprint density at radius 3 is 2.56 bits per heavy atom. The fraction of sp³-hybridized carbons (Fsp3) is 0.118. The molecule has 2 aromatic carbocycles. The van der Waals surface area contributed by atoms with Crippen LogP contribution in [0, 0.1) is 5.82 Å². The molecule has 0 saturated carbocycles. The topological polar surface area (TPSA) is 93.7 Å². The Labute approximate surface area is 142 Å². The quantitative estimate of drug-likeness (QED) is 0.811. The molecule has 130 valence electrons. The van der Waals surface area contributed by atoms with Crippen LogP contribution in [0.25, 0.3) is 0 Å². The summed E-state index contributed by atoms with van der Waals surface area (Å²) in [6.45, 7) is -0.666. The Morgan fingerprint density at radius 1 is 1.08 bits per heavy atom. The first-order valence-electron chi connectivity index (χ1n) is 7.16. The normalized spacial score (nSPS) is 9.84. The number of hydrogen-bond acceptors (Lipinski definition) is 5. The van der Waals surface area contributed by atoms with Crippen LogP contribution in [0.4, 0.5) is 14.9 Å². The van der Waals surface area contributed by atoms with E-state index >= 15 is 0 Å². The van der Waals surface area contributed by atoms with Gasteiger partial charge in [0.25, 0.3) is 5.91 Å². The number of hydrogen-bond donors (Lipinski definition) is 2. The van der Waals surface area contributed by atoms with E-state index in [9.17, 15) is 18.8 Å². The predicted octanol–water partition coefficient (Wildman–Crippen LogP) is 2.34. The van der Waals surface area contributed by atoms with E-state index in [1.807, 2.05) is 5.32 Å². The fourth-order valence-corrected chi connectivity index (χ4v) is 1.84. The number of halogens is 1. The molecule has 0 aliphatic rings. The number of anilines is 1. The van der Waals surface area contributed by atoms with Gasteiger partial charge in [0, 0.05) is 0 Å². The molecule has 2 aromatic rings. The molecule has 0 fully saturated rings. The van der Waals surface area contributed by atoms with Gasteiger partial charge < -0.3 is 14.8 Å². The van der Waals surface area contributed by atoms with Crippen molar-refractivity contribution in [2.75, 3.05) is 19.0 Å².